The Labute approximate surface area is 81.2 Å². The lowest BCUT2D eigenvalue weighted by Crippen LogP contribution is -2.18. The van der Waals surface area contributed by atoms with Gasteiger partial charge in [-0.3, -0.25) is 0 Å². The average Bonchev–Trinajstić information content (AvgIpc) is 2.04. The average molecular weight is 230 g/mol. The molecule has 1 rings (SSSR count). The quantitative estimate of drug-likeness (QED) is 0.594. The monoisotopic (exact) mass is 229 g/mol. The third-order valence-electron chi connectivity index (χ3n) is 1.30. The second kappa shape index (κ2) is 3.53. The van der Waals surface area contributed by atoms with Crippen molar-refractivity contribution in [3.05, 3.63) is 23.0 Å². The van der Waals surface area contributed by atoms with Crippen LogP contribution in [0.3, 0.4) is 0 Å². The number of ether oxygens (including phenoxy) is 1. The van der Waals surface area contributed by atoms with Gasteiger partial charge >= 0.3 is 6.36 Å². The summed E-state index contributed by atoms with van der Waals surface area (Å²) < 4.78 is 51.5. The Hall–Kier alpha value is -1.17. The molecule has 0 bridgehead atoms. The number of nitrogen functional groups attached to an aromatic ring is 1. The zero-order chi connectivity index (χ0) is 10.9. The van der Waals surface area contributed by atoms with Crippen LogP contribution in [-0.4, -0.2) is 6.36 Å². The highest BCUT2D eigenvalue weighted by molar-refractivity contribution is 6.32. The number of benzene rings is 1. The van der Waals surface area contributed by atoms with E-state index in [0.29, 0.717) is 0 Å². The standard InChI is InChI=1S/C7H4ClF4NO/c8-3-1-2-4(13)5(9)6(3)14-7(10,11)12/h1-2H,13H2. The van der Waals surface area contributed by atoms with E-state index in [1.807, 2.05) is 0 Å². The molecule has 0 unspecified atom stereocenters. The van der Waals surface area contributed by atoms with Gasteiger partial charge in [-0.05, 0) is 12.1 Å². The second-order valence-electron chi connectivity index (χ2n) is 2.33. The number of hydrogen-bond acceptors (Lipinski definition) is 2. The molecule has 0 aliphatic rings. The zero-order valence-corrected chi connectivity index (χ0v) is 7.29. The Kier molecular flexibility index (Phi) is 2.75. The van der Waals surface area contributed by atoms with Gasteiger partial charge in [-0.1, -0.05) is 11.6 Å². The first-order valence-corrected chi connectivity index (χ1v) is 3.68. The van der Waals surface area contributed by atoms with E-state index in [0.717, 1.165) is 12.1 Å². The van der Waals surface area contributed by atoms with Crippen molar-refractivity contribution in [3.8, 4) is 5.75 Å². The molecule has 0 saturated heterocycles. The van der Waals surface area contributed by atoms with E-state index in [1.165, 1.54) is 0 Å². The highest BCUT2D eigenvalue weighted by Gasteiger charge is 2.33. The minimum Gasteiger partial charge on any atom is -0.401 e. The fraction of sp³-hybridized carbons (Fsp3) is 0.143. The molecule has 0 heterocycles. The number of hydrogen-bond donors (Lipinski definition) is 1. The second-order valence-corrected chi connectivity index (χ2v) is 2.73. The summed E-state index contributed by atoms with van der Waals surface area (Å²) in [6.45, 7) is 0. The summed E-state index contributed by atoms with van der Waals surface area (Å²) >= 11 is 5.29. The van der Waals surface area contributed by atoms with Crippen molar-refractivity contribution in [2.75, 3.05) is 5.73 Å². The Balaban J connectivity index is 3.13. The van der Waals surface area contributed by atoms with Crippen molar-refractivity contribution in [3.63, 3.8) is 0 Å². The number of halogens is 5. The Morgan fingerprint density at radius 1 is 1.29 bits per heavy atom. The maximum absolute atomic E-state index is 13.0. The van der Waals surface area contributed by atoms with Crippen LogP contribution in [0.1, 0.15) is 0 Å². The van der Waals surface area contributed by atoms with Gasteiger partial charge < -0.3 is 10.5 Å². The molecule has 0 fully saturated rings. The van der Waals surface area contributed by atoms with Crippen LogP contribution < -0.4 is 10.5 Å². The summed E-state index contributed by atoms with van der Waals surface area (Å²) in [5.41, 5.74) is 4.56. The number of alkyl halides is 3. The van der Waals surface area contributed by atoms with Gasteiger partial charge in [-0.2, -0.15) is 0 Å². The van der Waals surface area contributed by atoms with E-state index in [-0.39, 0.29) is 0 Å². The van der Waals surface area contributed by atoms with Gasteiger partial charge in [0.25, 0.3) is 0 Å². The fourth-order valence-electron chi connectivity index (χ4n) is 0.757. The molecule has 7 heteroatoms. The fourth-order valence-corrected chi connectivity index (χ4v) is 0.942. The van der Waals surface area contributed by atoms with Crippen LogP contribution in [0.4, 0.5) is 23.2 Å². The molecule has 2 N–H and O–H groups in total. The maximum atomic E-state index is 13.0. The molecule has 0 atom stereocenters. The van der Waals surface area contributed by atoms with Crippen LogP contribution in [-0.2, 0) is 0 Å². The highest BCUT2D eigenvalue weighted by atomic mass is 35.5. The molecule has 0 radical (unpaired) electrons. The van der Waals surface area contributed by atoms with Crippen molar-refractivity contribution >= 4 is 17.3 Å². The lowest BCUT2D eigenvalue weighted by Gasteiger charge is -2.11. The van der Waals surface area contributed by atoms with Crippen molar-refractivity contribution in [2.24, 2.45) is 0 Å². The van der Waals surface area contributed by atoms with Gasteiger partial charge in [0, 0.05) is 0 Å². The largest absolute Gasteiger partial charge is 0.573 e. The van der Waals surface area contributed by atoms with E-state index in [1.54, 1.807) is 0 Å². The summed E-state index contributed by atoms with van der Waals surface area (Å²) in [5.74, 6) is -2.44. The molecule has 1 aromatic rings. The molecule has 1 aromatic carbocycles. The van der Waals surface area contributed by atoms with Crippen LogP contribution in [0.5, 0.6) is 5.75 Å². The number of nitrogens with two attached hydrogens (primary N) is 1. The summed E-state index contributed by atoms with van der Waals surface area (Å²) in [6, 6.07) is 2.06. The first-order chi connectivity index (χ1) is 6.31. The molecule has 0 aliphatic heterocycles. The van der Waals surface area contributed by atoms with E-state index in [4.69, 9.17) is 17.3 Å². The molecule has 2 nitrogen and oxygen atoms in total. The van der Waals surface area contributed by atoms with Gasteiger partial charge in [-0.25, -0.2) is 4.39 Å². The molecular formula is C7H4ClF4NO. The van der Waals surface area contributed by atoms with Crippen molar-refractivity contribution in [1.29, 1.82) is 0 Å². The molecule has 0 aliphatic carbocycles. The van der Waals surface area contributed by atoms with E-state index in [2.05, 4.69) is 4.74 Å². The summed E-state index contributed by atoms with van der Waals surface area (Å²) in [5, 5.41) is -0.492. The van der Waals surface area contributed by atoms with Gasteiger partial charge in [0.1, 0.15) is 0 Å². The van der Waals surface area contributed by atoms with Crippen LogP contribution in [0.2, 0.25) is 5.02 Å². The topological polar surface area (TPSA) is 35.2 Å². The zero-order valence-electron chi connectivity index (χ0n) is 6.53. The normalized spacial score (nSPS) is 11.5. The molecular weight excluding hydrogens is 226 g/mol. The van der Waals surface area contributed by atoms with Gasteiger partial charge in [0.05, 0.1) is 10.7 Å². The molecule has 78 valence electrons. The van der Waals surface area contributed by atoms with E-state index < -0.39 is 28.6 Å². The van der Waals surface area contributed by atoms with Gasteiger partial charge in [0.2, 0.25) is 0 Å². The third kappa shape index (κ3) is 2.41. The predicted octanol–water partition coefficient (Wildman–Crippen LogP) is 2.96. The highest BCUT2D eigenvalue weighted by Crippen LogP contribution is 2.34. The van der Waals surface area contributed by atoms with E-state index in [9.17, 15) is 17.6 Å². The molecule has 0 spiro atoms. The summed E-state index contributed by atoms with van der Waals surface area (Å²) in [4.78, 5) is 0. The first-order valence-electron chi connectivity index (χ1n) is 3.30. The molecule has 0 aromatic heterocycles. The van der Waals surface area contributed by atoms with Crippen LogP contribution in [0, 0.1) is 5.82 Å². The third-order valence-corrected chi connectivity index (χ3v) is 1.59. The van der Waals surface area contributed by atoms with Crippen molar-refractivity contribution in [1.82, 2.24) is 0 Å². The number of anilines is 1. The molecule has 0 amide bonds. The smallest absolute Gasteiger partial charge is 0.401 e. The Morgan fingerprint density at radius 2 is 1.86 bits per heavy atom. The Morgan fingerprint density at radius 3 is 2.36 bits per heavy atom. The molecule has 0 saturated carbocycles. The lowest BCUT2D eigenvalue weighted by molar-refractivity contribution is -0.275. The first kappa shape index (κ1) is 10.9. The minimum absolute atomic E-state index is 0.464. The van der Waals surface area contributed by atoms with Gasteiger partial charge in [0.15, 0.2) is 11.6 Å². The van der Waals surface area contributed by atoms with Crippen LogP contribution in [0.15, 0.2) is 12.1 Å². The lowest BCUT2D eigenvalue weighted by atomic mass is 10.3. The van der Waals surface area contributed by atoms with E-state index >= 15 is 0 Å². The Bertz CT molecular complexity index is 352. The predicted molar refractivity (Wildman–Crippen MR) is 42.5 cm³/mol. The van der Waals surface area contributed by atoms with Crippen molar-refractivity contribution < 1.29 is 22.3 Å². The van der Waals surface area contributed by atoms with Crippen LogP contribution >= 0.6 is 11.6 Å². The number of rotatable bonds is 1. The van der Waals surface area contributed by atoms with Crippen LogP contribution in [0.25, 0.3) is 0 Å². The summed E-state index contributed by atoms with van der Waals surface area (Å²) in [7, 11) is 0. The molecule has 14 heavy (non-hydrogen) atoms. The van der Waals surface area contributed by atoms with Crippen molar-refractivity contribution in [2.45, 2.75) is 6.36 Å². The summed E-state index contributed by atoms with van der Waals surface area (Å²) in [6.07, 6.45) is -5.00. The maximum Gasteiger partial charge on any atom is 0.573 e. The minimum atomic E-state index is -5.00. The SMILES string of the molecule is Nc1ccc(Cl)c(OC(F)(F)F)c1F. The van der Waals surface area contributed by atoms with Gasteiger partial charge in [-0.15, -0.1) is 13.2 Å².